The minimum absolute atomic E-state index is 0. The quantitative estimate of drug-likeness (QED) is 0.817. The van der Waals surface area contributed by atoms with E-state index in [9.17, 15) is 4.79 Å². The Morgan fingerprint density at radius 2 is 1.76 bits per heavy atom. The van der Waals surface area contributed by atoms with Gasteiger partial charge in [0.25, 0.3) is 0 Å². The predicted octanol–water partition coefficient (Wildman–Crippen LogP) is 2.33. The van der Waals surface area contributed by atoms with Crippen LogP contribution >= 0.6 is 12.4 Å². The van der Waals surface area contributed by atoms with Gasteiger partial charge in [-0.05, 0) is 37.5 Å². The zero-order valence-corrected chi connectivity index (χ0v) is 12.1. The standard InChI is InChI=1S/C13H26N2O.ClH/c1-9(2)11-4-6-12(7-5-11)15-13(16)10(3)8-14;/h9-12H,4-8,14H2,1-3H3,(H,15,16);1H. The molecule has 17 heavy (non-hydrogen) atoms. The number of hydrogen-bond acceptors (Lipinski definition) is 2. The Balaban J connectivity index is 0.00000256. The van der Waals surface area contributed by atoms with Gasteiger partial charge in [0.1, 0.15) is 0 Å². The second-order valence-corrected chi connectivity index (χ2v) is 5.50. The number of carbonyl (C=O) groups is 1. The molecule has 1 fully saturated rings. The lowest BCUT2D eigenvalue weighted by Crippen LogP contribution is -2.42. The maximum absolute atomic E-state index is 11.7. The molecule has 1 rings (SSSR count). The van der Waals surface area contributed by atoms with Crippen LogP contribution in [0.1, 0.15) is 46.5 Å². The van der Waals surface area contributed by atoms with Crippen molar-refractivity contribution < 1.29 is 4.79 Å². The molecule has 0 heterocycles. The van der Waals surface area contributed by atoms with Gasteiger partial charge in [-0.2, -0.15) is 0 Å². The lowest BCUT2D eigenvalue weighted by atomic mass is 9.79. The van der Waals surface area contributed by atoms with Crippen molar-refractivity contribution in [2.24, 2.45) is 23.5 Å². The number of nitrogens with one attached hydrogen (secondary N) is 1. The monoisotopic (exact) mass is 262 g/mol. The maximum Gasteiger partial charge on any atom is 0.224 e. The van der Waals surface area contributed by atoms with Gasteiger partial charge in [-0.3, -0.25) is 4.79 Å². The zero-order valence-electron chi connectivity index (χ0n) is 11.2. The van der Waals surface area contributed by atoms with E-state index >= 15 is 0 Å². The molecule has 1 saturated carbocycles. The molecule has 0 aromatic carbocycles. The fourth-order valence-electron chi connectivity index (χ4n) is 2.38. The normalized spacial score (nSPS) is 26.2. The van der Waals surface area contributed by atoms with Crippen molar-refractivity contribution >= 4 is 18.3 Å². The molecular weight excluding hydrogens is 236 g/mol. The van der Waals surface area contributed by atoms with Crippen LogP contribution in [0.5, 0.6) is 0 Å². The SMILES string of the molecule is CC(CN)C(=O)NC1CCC(C(C)C)CC1.Cl. The van der Waals surface area contributed by atoms with E-state index in [1.54, 1.807) is 0 Å². The highest BCUT2D eigenvalue weighted by atomic mass is 35.5. The molecule has 0 aliphatic heterocycles. The fraction of sp³-hybridized carbons (Fsp3) is 0.923. The van der Waals surface area contributed by atoms with Crippen molar-refractivity contribution in [3.05, 3.63) is 0 Å². The highest BCUT2D eigenvalue weighted by molar-refractivity contribution is 5.85. The van der Waals surface area contributed by atoms with Gasteiger partial charge in [0, 0.05) is 18.5 Å². The van der Waals surface area contributed by atoms with Crippen molar-refractivity contribution in [2.75, 3.05) is 6.54 Å². The number of hydrogen-bond donors (Lipinski definition) is 2. The van der Waals surface area contributed by atoms with Crippen LogP contribution in [0.3, 0.4) is 0 Å². The van der Waals surface area contributed by atoms with E-state index in [4.69, 9.17) is 5.73 Å². The second-order valence-electron chi connectivity index (χ2n) is 5.50. The van der Waals surface area contributed by atoms with Crippen LogP contribution in [-0.2, 0) is 4.79 Å². The first-order valence-electron chi connectivity index (χ1n) is 6.55. The Hall–Kier alpha value is -0.280. The number of amides is 1. The van der Waals surface area contributed by atoms with Crippen molar-refractivity contribution in [1.82, 2.24) is 5.32 Å². The van der Waals surface area contributed by atoms with Crippen LogP contribution in [0, 0.1) is 17.8 Å². The lowest BCUT2D eigenvalue weighted by molar-refractivity contribution is -0.125. The van der Waals surface area contributed by atoms with Gasteiger partial charge in [-0.1, -0.05) is 20.8 Å². The minimum Gasteiger partial charge on any atom is -0.353 e. The van der Waals surface area contributed by atoms with E-state index in [1.807, 2.05) is 6.92 Å². The first-order chi connectivity index (χ1) is 7.54. The molecule has 1 aliphatic rings. The van der Waals surface area contributed by atoms with Crippen molar-refractivity contribution in [2.45, 2.75) is 52.5 Å². The first-order valence-corrected chi connectivity index (χ1v) is 6.55. The van der Waals surface area contributed by atoms with Crippen LogP contribution in [0.2, 0.25) is 0 Å². The summed E-state index contributed by atoms with van der Waals surface area (Å²) in [6.45, 7) is 6.91. The molecule has 0 radical (unpaired) electrons. The Bertz CT molecular complexity index is 225. The summed E-state index contributed by atoms with van der Waals surface area (Å²) in [7, 11) is 0. The van der Waals surface area contributed by atoms with E-state index in [2.05, 4.69) is 19.2 Å². The molecule has 1 unspecified atom stereocenters. The zero-order chi connectivity index (χ0) is 12.1. The Labute approximate surface area is 111 Å². The summed E-state index contributed by atoms with van der Waals surface area (Å²) in [5, 5.41) is 3.11. The largest absolute Gasteiger partial charge is 0.353 e. The molecule has 3 nitrogen and oxygen atoms in total. The molecule has 1 aliphatic carbocycles. The van der Waals surface area contributed by atoms with E-state index in [0.717, 1.165) is 24.7 Å². The van der Waals surface area contributed by atoms with Gasteiger partial charge < -0.3 is 11.1 Å². The van der Waals surface area contributed by atoms with Crippen molar-refractivity contribution in [1.29, 1.82) is 0 Å². The highest BCUT2D eigenvalue weighted by Gasteiger charge is 2.24. The first kappa shape index (κ1) is 16.7. The summed E-state index contributed by atoms with van der Waals surface area (Å²) >= 11 is 0. The third-order valence-electron chi connectivity index (χ3n) is 3.86. The summed E-state index contributed by atoms with van der Waals surface area (Å²) in [5.74, 6) is 1.69. The summed E-state index contributed by atoms with van der Waals surface area (Å²) < 4.78 is 0. The van der Waals surface area contributed by atoms with Crippen LogP contribution in [0.25, 0.3) is 0 Å². The summed E-state index contributed by atoms with van der Waals surface area (Å²) in [5.41, 5.74) is 5.48. The molecule has 0 aromatic heterocycles. The van der Waals surface area contributed by atoms with Gasteiger partial charge >= 0.3 is 0 Å². The summed E-state index contributed by atoms with van der Waals surface area (Å²) in [6, 6.07) is 0.386. The molecule has 0 saturated heterocycles. The van der Waals surface area contributed by atoms with E-state index in [-0.39, 0.29) is 24.2 Å². The number of halogens is 1. The van der Waals surface area contributed by atoms with Gasteiger partial charge in [0.05, 0.1) is 0 Å². The third kappa shape index (κ3) is 5.26. The van der Waals surface area contributed by atoms with Crippen LogP contribution in [-0.4, -0.2) is 18.5 Å². The molecule has 3 N–H and O–H groups in total. The molecule has 1 atom stereocenters. The molecule has 0 aromatic rings. The molecular formula is C13H27ClN2O. The molecule has 0 spiro atoms. The van der Waals surface area contributed by atoms with Crippen LogP contribution < -0.4 is 11.1 Å². The van der Waals surface area contributed by atoms with Crippen LogP contribution in [0.4, 0.5) is 0 Å². The van der Waals surface area contributed by atoms with Gasteiger partial charge in [-0.25, -0.2) is 0 Å². The third-order valence-corrected chi connectivity index (χ3v) is 3.86. The number of carbonyl (C=O) groups excluding carboxylic acids is 1. The van der Waals surface area contributed by atoms with Gasteiger partial charge in [-0.15, -0.1) is 12.4 Å². The van der Waals surface area contributed by atoms with Crippen LogP contribution in [0.15, 0.2) is 0 Å². The fourth-order valence-corrected chi connectivity index (χ4v) is 2.38. The Morgan fingerprint density at radius 3 is 2.18 bits per heavy atom. The van der Waals surface area contributed by atoms with Gasteiger partial charge in [0.15, 0.2) is 0 Å². The topological polar surface area (TPSA) is 55.1 Å². The average molecular weight is 263 g/mol. The Morgan fingerprint density at radius 1 is 1.24 bits per heavy atom. The van der Waals surface area contributed by atoms with Gasteiger partial charge in [0.2, 0.25) is 5.91 Å². The molecule has 102 valence electrons. The maximum atomic E-state index is 11.7. The van der Waals surface area contributed by atoms with E-state index in [0.29, 0.717) is 12.6 Å². The Kier molecular flexibility index (Phi) is 7.80. The predicted molar refractivity (Wildman–Crippen MR) is 74.2 cm³/mol. The summed E-state index contributed by atoms with van der Waals surface area (Å²) in [6.07, 6.45) is 4.76. The summed E-state index contributed by atoms with van der Waals surface area (Å²) in [4.78, 5) is 11.7. The molecule has 1 amide bonds. The molecule has 0 bridgehead atoms. The van der Waals surface area contributed by atoms with Crippen molar-refractivity contribution in [3.63, 3.8) is 0 Å². The second kappa shape index (κ2) is 7.93. The number of nitrogens with two attached hydrogens (primary N) is 1. The highest BCUT2D eigenvalue weighted by Crippen LogP contribution is 2.29. The van der Waals surface area contributed by atoms with E-state index in [1.165, 1.54) is 12.8 Å². The molecule has 4 heteroatoms. The lowest BCUT2D eigenvalue weighted by Gasteiger charge is -2.31. The number of rotatable bonds is 4. The van der Waals surface area contributed by atoms with E-state index < -0.39 is 0 Å². The smallest absolute Gasteiger partial charge is 0.224 e. The average Bonchev–Trinajstić information content (AvgIpc) is 2.28. The van der Waals surface area contributed by atoms with Crippen molar-refractivity contribution in [3.8, 4) is 0 Å². The minimum atomic E-state index is -0.0529.